The maximum absolute atomic E-state index is 9.58. The Hall–Kier alpha value is -0.0700. The number of phenolic OH excluding ortho intramolecular Hbond substituents is 1. The van der Waals surface area contributed by atoms with E-state index in [9.17, 15) is 5.11 Å². The number of nitriles is 1. The zero-order chi connectivity index (χ0) is 10.0. The van der Waals surface area contributed by atoms with E-state index < -0.39 is 6.04 Å². The molecule has 0 aromatic heterocycles. The first-order chi connectivity index (χ1) is 6.06. The van der Waals surface area contributed by atoms with Crippen molar-refractivity contribution in [3.05, 3.63) is 24.8 Å². The van der Waals surface area contributed by atoms with Gasteiger partial charge in [0.15, 0.2) is 0 Å². The lowest BCUT2D eigenvalue weighted by Crippen LogP contribution is -2.08. The van der Waals surface area contributed by atoms with E-state index in [2.05, 4.69) is 22.6 Å². The molecule has 68 valence electrons. The highest BCUT2D eigenvalue weighted by Gasteiger charge is 2.13. The van der Waals surface area contributed by atoms with Crippen molar-refractivity contribution < 1.29 is 5.11 Å². The first-order valence-corrected chi connectivity index (χ1v) is 5.55. The van der Waals surface area contributed by atoms with Crippen molar-refractivity contribution in [2.45, 2.75) is 6.04 Å². The number of hydrogen-bond donors (Lipinski definition) is 2. The van der Waals surface area contributed by atoms with Crippen LogP contribution in [0.25, 0.3) is 0 Å². The van der Waals surface area contributed by atoms with Gasteiger partial charge in [-0.2, -0.15) is 5.26 Å². The van der Waals surface area contributed by atoms with Gasteiger partial charge in [-0.05, 0) is 57.3 Å². The highest BCUT2D eigenvalue weighted by Crippen LogP contribution is 2.30. The second-order valence-electron chi connectivity index (χ2n) is 2.43. The van der Waals surface area contributed by atoms with Gasteiger partial charge < -0.3 is 10.8 Å². The Morgan fingerprint density at radius 3 is 2.62 bits per heavy atom. The molecule has 1 rings (SSSR count). The van der Waals surface area contributed by atoms with Gasteiger partial charge >= 0.3 is 0 Å². The fourth-order valence-electron chi connectivity index (χ4n) is 0.893. The molecule has 0 saturated heterocycles. The molecule has 0 aliphatic carbocycles. The topological polar surface area (TPSA) is 70.0 Å². The molecular formula is C8H6I2N2O. The summed E-state index contributed by atoms with van der Waals surface area (Å²) in [6.07, 6.45) is 0. The Bertz CT molecular complexity index is 373. The van der Waals surface area contributed by atoms with Crippen LogP contribution in [0.5, 0.6) is 5.75 Å². The lowest BCUT2D eigenvalue weighted by molar-refractivity contribution is 0.462. The van der Waals surface area contributed by atoms with Crippen LogP contribution in [0.1, 0.15) is 11.6 Å². The molecule has 1 aromatic rings. The van der Waals surface area contributed by atoms with Crippen molar-refractivity contribution in [1.29, 1.82) is 5.26 Å². The van der Waals surface area contributed by atoms with Gasteiger partial charge in [0.25, 0.3) is 0 Å². The maximum atomic E-state index is 9.58. The number of benzene rings is 1. The van der Waals surface area contributed by atoms with E-state index in [4.69, 9.17) is 11.0 Å². The van der Waals surface area contributed by atoms with E-state index in [-0.39, 0.29) is 5.75 Å². The summed E-state index contributed by atoms with van der Waals surface area (Å²) in [4.78, 5) is 0. The van der Waals surface area contributed by atoms with Crippen LogP contribution < -0.4 is 5.73 Å². The van der Waals surface area contributed by atoms with Crippen molar-refractivity contribution in [2.24, 2.45) is 5.73 Å². The summed E-state index contributed by atoms with van der Waals surface area (Å²) in [5.41, 5.74) is 5.99. The van der Waals surface area contributed by atoms with Gasteiger partial charge in [-0.1, -0.05) is 0 Å². The molecule has 1 unspecified atom stereocenters. The predicted molar refractivity (Wildman–Crippen MR) is 66.1 cm³/mol. The number of rotatable bonds is 1. The molecule has 0 amide bonds. The van der Waals surface area contributed by atoms with Crippen LogP contribution in [-0.2, 0) is 0 Å². The Kier molecular flexibility index (Phi) is 3.75. The molecule has 0 spiro atoms. The van der Waals surface area contributed by atoms with E-state index >= 15 is 0 Å². The van der Waals surface area contributed by atoms with Crippen LogP contribution in [-0.4, -0.2) is 5.11 Å². The molecule has 3 N–H and O–H groups in total. The van der Waals surface area contributed by atoms with Gasteiger partial charge in [0, 0.05) is 9.13 Å². The molecule has 1 atom stereocenters. The highest BCUT2D eigenvalue weighted by atomic mass is 127. The van der Waals surface area contributed by atoms with Crippen LogP contribution in [0, 0.1) is 18.5 Å². The average molecular weight is 400 g/mol. The van der Waals surface area contributed by atoms with Crippen molar-refractivity contribution in [3.8, 4) is 11.8 Å². The van der Waals surface area contributed by atoms with Gasteiger partial charge in [-0.15, -0.1) is 0 Å². The number of phenols is 1. The molecule has 0 aliphatic heterocycles. The first kappa shape index (κ1) is 11.0. The summed E-state index contributed by atoms with van der Waals surface area (Å²) >= 11 is 4.12. The van der Waals surface area contributed by atoms with Gasteiger partial charge in [-0.3, -0.25) is 0 Å². The van der Waals surface area contributed by atoms with E-state index in [1.54, 1.807) is 6.07 Å². The summed E-state index contributed by atoms with van der Waals surface area (Å²) in [5, 5.41) is 18.2. The number of hydrogen-bond acceptors (Lipinski definition) is 3. The van der Waals surface area contributed by atoms with E-state index in [0.29, 0.717) is 9.13 Å². The van der Waals surface area contributed by atoms with Gasteiger partial charge in [0.2, 0.25) is 0 Å². The third-order valence-corrected chi connectivity index (χ3v) is 2.98. The molecular weight excluding hydrogens is 394 g/mol. The number of nitrogens with two attached hydrogens (primary N) is 1. The smallest absolute Gasteiger partial charge is 0.134 e. The third kappa shape index (κ3) is 2.45. The van der Waals surface area contributed by atoms with Crippen LogP contribution in [0.15, 0.2) is 12.1 Å². The van der Waals surface area contributed by atoms with Crippen molar-refractivity contribution in [1.82, 2.24) is 0 Å². The summed E-state index contributed by atoms with van der Waals surface area (Å²) in [5.74, 6) is 0.107. The van der Waals surface area contributed by atoms with Crippen LogP contribution in [0.3, 0.4) is 0 Å². The SMILES string of the molecule is N#CC(N)c1cc(I)cc(I)c1O. The minimum absolute atomic E-state index is 0.107. The predicted octanol–water partition coefficient (Wildman–Crippen LogP) is 2.12. The van der Waals surface area contributed by atoms with Gasteiger partial charge in [-0.25, -0.2) is 0 Å². The largest absolute Gasteiger partial charge is 0.506 e. The molecule has 3 nitrogen and oxygen atoms in total. The lowest BCUT2D eigenvalue weighted by atomic mass is 10.1. The zero-order valence-electron chi connectivity index (χ0n) is 6.46. The fraction of sp³-hybridized carbons (Fsp3) is 0.125. The summed E-state index contributed by atoms with van der Waals surface area (Å²) in [6, 6.07) is 4.66. The Morgan fingerprint density at radius 2 is 2.08 bits per heavy atom. The molecule has 0 aliphatic rings. The highest BCUT2D eigenvalue weighted by molar-refractivity contribution is 14.1. The molecule has 0 radical (unpaired) electrons. The van der Waals surface area contributed by atoms with Crippen molar-refractivity contribution in [3.63, 3.8) is 0 Å². The number of nitrogens with zero attached hydrogens (tertiary/aromatic N) is 1. The molecule has 1 aromatic carbocycles. The minimum atomic E-state index is -0.761. The lowest BCUT2D eigenvalue weighted by Gasteiger charge is -2.08. The molecule has 0 heterocycles. The number of halogens is 2. The fourth-order valence-corrected chi connectivity index (χ4v) is 2.78. The Labute approximate surface area is 103 Å². The van der Waals surface area contributed by atoms with Crippen LogP contribution >= 0.6 is 45.2 Å². The second-order valence-corrected chi connectivity index (χ2v) is 4.84. The van der Waals surface area contributed by atoms with Crippen molar-refractivity contribution in [2.75, 3.05) is 0 Å². The zero-order valence-corrected chi connectivity index (χ0v) is 10.8. The van der Waals surface area contributed by atoms with E-state index in [1.807, 2.05) is 34.7 Å². The van der Waals surface area contributed by atoms with Crippen molar-refractivity contribution >= 4 is 45.2 Å². The summed E-state index contributed by atoms with van der Waals surface area (Å²) in [6.45, 7) is 0. The minimum Gasteiger partial charge on any atom is -0.506 e. The van der Waals surface area contributed by atoms with Crippen LogP contribution in [0.4, 0.5) is 0 Å². The quantitative estimate of drug-likeness (QED) is 0.710. The summed E-state index contributed by atoms with van der Waals surface area (Å²) < 4.78 is 1.67. The monoisotopic (exact) mass is 400 g/mol. The third-order valence-electron chi connectivity index (χ3n) is 1.53. The molecule has 0 fully saturated rings. The van der Waals surface area contributed by atoms with Gasteiger partial charge in [0.05, 0.1) is 9.64 Å². The summed E-state index contributed by atoms with van der Waals surface area (Å²) in [7, 11) is 0. The first-order valence-electron chi connectivity index (χ1n) is 3.39. The Balaban J connectivity index is 3.30. The molecule has 5 heteroatoms. The average Bonchev–Trinajstić information content (AvgIpc) is 2.10. The molecule has 0 bridgehead atoms. The second kappa shape index (κ2) is 4.43. The standard InChI is InChI=1S/C8H6I2N2O/c9-4-1-5(7(12)3-11)8(13)6(10)2-4/h1-2,7,13H,12H2. The Morgan fingerprint density at radius 1 is 1.46 bits per heavy atom. The number of aromatic hydroxyl groups is 1. The van der Waals surface area contributed by atoms with Gasteiger partial charge in [0.1, 0.15) is 11.8 Å². The maximum Gasteiger partial charge on any atom is 0.134 e. The van der Waals surface area contributed by atoms with E-state index in [1.165, 1.54) is 0 Å². The molecule has 0 saturated carbocycles. The normalized spacial score (nSPS) is 12.2. The van der Waals surface area contributed by atoms with Crippen LogP contribution in [0.2, 0.25) is 0 Å². The molecule has 13 heavy (non-hydrogen) atoms. The van der Waals surface area contributed by atoms with E-state index in [0.717, 1.165) is 3.57 Å².